The molecule has 0 aliphatic carbocycles. The summed E-state index contributed by atoms with van der Waals surface area (Å²) < 4.78 is 7.91. The van der Waals surface area contributed by atoms with Gasteiger partial charge in [-0.25, -0.2) is 4.98 Å². The van der Waals surface area contributed by atoms with E-state index in [1.165, 1.54) is 5.52 Å². The van der Waals surface area contributed by atoms with Crippen molar-refractivity contribution in [1.29, 1.82) is 0 Å². The van der Waals surface area contributed by atoms with Crippen LogP contribution in [0, 0.1) is 12.8 Å². The maximum Gasteiger partial charge on any atom is 0.115 e. The van der Waals surface area contributed by atoms with Crippen LogP contribution in [0.3, 0.4) is 0 Å². The van der Waals surface area contributed by atoms with Gasteiger partial charge in [0.25, 0.3) is 0 Å². The number of hydrogen-bond acceptors (Lipinski definition) is 3. The molecule has 2 heterocycles. The predicted molar refractivity (Wildman–Crippen MR) is 91.1 cm³/mol. The normalized spacial score (nSPS) is 17.3. The number of nitrogen functional groups attached to an aromatic ring is 1. The number of anilines is 1. The summed E-state index contributed by atoms with van der Waals surface area (Å²) >= 11 is 0. The van der Waals surface area contributed by atoms with Gasteiger partial charge in [0.1, 0.15) is 5.82 Å². The van der Waals surface area contributed by atoms with Crippen molar-refractivity contribution in [3.63, 3.8) is 0 Å². The van der Waals surface area contributed by atoms with Crippen molar-refractivity contribution in [3.05, 3.63) is 23.5 Å². The van der Waals surface area contributed by atoms with E-state index >= 15 is 0 Å². The van der Waals surface area contributed by atoms with E-state index < -0.39 is 0 Å². The van der Waals surface area contributed by atoms with E-state index in [1.54, 1.807) is 0 Å². The van der Waals surface area contributed by atoms with Gasteiger partial charge in [0.05, 0.1) is 11.0 Å². The summed E-state index contributed by atoms with van der Waals surface area (Å²) in [4.78, 5) is 4.96. The first-order chi connectivity index (χ1) is 10.4. The molecule has 2 N–H and O–H groups in total. The molecular weight excluding hydrogens is 274 g/mol. The second-order valence-electron chi connectivity index (χ2n) is 7.50. The third-order valence-corrected chi connectivity index (χ3v) is 4.67. The summed E-state index contributed by atoms with van der Waals surface area (Å²) in [7, 11) is 0. The van der Waals surface area contributed by atoms with E-state index in [1.807, 2.05) is 6.07 Å². The lowest BCUT2D eigenvalue weighted by Crippen LogP contribution is -2.25. The molecule has 120 valence electrons. The van der Waals surface area contributed by atoms with Crippen LogP contribution in [0.1, 0.15) is 45.0 Å². The molecular formula is C18H27N3O. The zero-order valence-corrected chi connectivity index (χ0v) is 14.1. The lowest BCUT2D eigenvalue weighted by molar-refractivity contribution is 0.0611. The van der Waals surface area contributed by atoms with Crippen LogP contribution in [0.4, 0.5) is 5.69 Å². The Labute approximate surface area is 132 Å². The van der Waals surface area contributed by atoms with E-state index in [0.717, 1.165) is 55.2 Å². The number of aromatic nitrogens is 2. The average molecular weight is 301 g/mol. The fourth-order valence-electron chi connectivity index (χ4n) is 3.29. The second kappa shape index (κ2) is 5.58. The highest BCUT2D eigenvalue weighted by Crippen LogP contribution is 2.31. The topological polar surface area (TPSA) is 53.1 Å². The third kappa shape index (κ3) is 2.72. The molecule has 0 spiro atoms. The van der Waals surface area contributed by atoms with Gasteiger partial charge in [-0.1, -0.05) is 20.8 Å². The molecule has 1 aliphatic rings. The van der Waals surface area contributed by atoms with E-state index in [2.05, 4.69) is 38.3 Å². The van der Waals surface area contributed by atoms with Crippen LogP contribution >= 0.6 is 0 Å². The Balaban J connectivity index is 2.10. The maximum atomic E-state index is 6.07. The van der Waals surface area contributed by atoms with E-state index in [9.17, 15) is 0 Å². The van der Waals surface area contributed by atoms with Crippen molar-refractivity contribution in [2.45, 2.75) is 52.5 Å². The molecule has 4 heteroatoms. The highest BCUT2D eigenvalue weighted by molar-refractivity contribution is 5.84. The highest BCUT2D eigenvalue weighted by Gasteiger charge is 2.26. The van der Waals surface area contributed by atoms with Gasteiger partial charge in [0, 0.05) is 30.9 Å². The first-order valence-corrected chi connectivity index (χ1v) is 8.21. The van der Waals surface area contributed by atoms with Crippen molar-refractivity contribution in [2.24, 2.45) is 5.92 Å². The van der Waals surface area contributed by atoms with Gasteiger partial charge in [-0.3, -0.25) is 0 Å². The first kappa shape index (κ1) is 15.3. The Morgan fingerprint density at radius 1 is 1.27 bits per heavy atom. The van der Waals surface area contributed by atoms with Crippen molar-refractivity contribution in [1.82, 2.24) is 9.55 Å². The van der Waals surface area contributed by atoms with Crippen molar-refractivity contribution < 1.29 is 4.74 Å². The molecule has 0 bridgehead atoms. The molecule has 2 aromatic rings. The van der Waals surface area contributed by atoms with Gasteiger partial charge < -0.3 is 15.0 Å². The molecule has 0 radical (unpaired) electrons. The van der Waals surface area contributed by atoms with Crippen molar-refractivity contribution >= 4 is 16.7 Å². The van der Waals surface area contributed by atoms with Crippen LogP contribution in [0.5, 0.6) is 0 Å². The fraction of sp³-hybridized carbons (Fsp3) is 0.611. The Bertz CT molecular complexity index is 676. The van der Waals surface area contributed by atoms with E-state index in [4.69, 9.17) is 15.5 Å². The van der Waals surface area contributed by atoms with Crippen LogP contribution in [0.25, 0.3) is 11.0 Å². The molecule has 1 saturated heterocycles. The SMILES string of the molecule is Cc1c(N)ccc2c1nc(C(C)(C)C)n2CC1CCOCC1. The predicted octanol–water partition coefficient (Wildman–Crippen LogP) is 3.65. The second-order valence-corrected chi connectivity index (χ2v) is 7.50. The van der Waals surface area contributed by atoms with Gasteiger partial charge in [0.2, 0.25) is 0 Å². The van der Waals surface area contributed by atoms with Crippen LogP contribution < -0.4 is 5.73 Å². The van der Waals surface area contributed by atoms with Crippen molar-refractivity contribution in [3.8, 4) is 0 Å². The average Bonchev–Trinajstić information content (AvgIpc) is 2.84. The monoisotopic (exact) mass is 301 g/mol. The number of fused-ring (bicyclic) bond motifs is 1. The fourth-order valence-corrected chi connectivity index (χ4v) is 3.29. The molecule has 0 saturated carbocycles. The molecule has 3 rings (SSSR count). The van der Waals surface area contributed by atoms with Gasteiger partial charge in [-0.05, 0) is 43.4 Å². The molecule has 1 aromatic carbocycles. The van der Waals surface area contributed by atoms with Gasteiger partial charge in [-0.15, -0.1) is 0 Å². The van der Waals surface area contributed by atoms with Crippen LogP contribution in [-0.4, -0.2) is 22.8 Å². The summed E-state index contributed by atoms with van der Waals surface area (Å²) in [5, 5.41) is 0. The molecule has 0 amide bonds. The lowest BCUT2D eigenvalue weighted by Gasteiger charge is -2.26. The Hall–Kier alpha value is -1.55. The standard InChI is InChI=1S/C18H27N3O/c1-12-14(19)5-6-15-16(12)20-17(18(2,3)4)21(15)11-13-7-9-22-10-8-13/h5-6,13H,7-11,19H2,1-4H3. The van der Waals surface area contributed by atoms with Crippen LogP contribution in [0.15, 0.2) is 12.1 Å². The largest absolute Gasteiger partial charge is 0.398 e. The van der Waals surface area contributed by atoms with E-state index in [0.29, 0.717) is 5.92 Å². The number of imidazole rings is 1. The molecule has 0 unspecified atom stereocenters. The summed E-state index contributed by atoms with van der Waals surface area (Å²) in [6, 6.07) is 4.13. The number of nitrogens with zero attached hydrogens (tertiary/aromatic N) is 2. The van der Waals surface area contributed by atoms with E-state index in [-0.39, 0.29) is 5.41 Å². The highest BCUT2D eigenvalue weighted by atomic mass is 16.5. The minimum atomic E-state index is 0.0192. The van der Waals surface area contributed by atoms with Gasteiger partial charge >= 0.3 is 0 Å². The first-order valence-electron chi connectivity index (χ1n) is 8.21. The van der Waals surface area contributed by atoms with Gasteiger partial charge in [0.15, 0.2) is 0 Å². The number of aryl methyl sites for hydroxylation is 1. The molecule has 4 nitrogen and oxygen atoms in total. The number of ether oxygens (including phenoxy) is 1. The summed E-state index contributed by atoms with van der Waals surface area (Å²) in [6.45, 7) is 11.5. The smallest absolute Gasteiger partial charge is 0.115 e. The number of nitrogens with two attached hydrogens (primary N) is 1. The third-order valence-electron chi connectivity index (χ3n) is 4.67. The molecule has 0 atom stereocenters. The van der Waals surface area contributed by atoms with Crippen LogP contribution in [-0.2, 0) is 16.7 Å². The molecule has 22 heavy (non-hydrogen) atoms. The lowest BCUT2D eigenvalue weighted by atomic mass is 9.94. The van der Waals surface area contributed by atoms with Gasteiger partial charge in [-0.2, -0.15) is 0 Å². The Morgan fingerprint density at radius 2 is 1.95 bits per heavy atom. The number of rotatable bonds is 2. The molecule has 1 aliphatic heterocycles. The number of hydrogen-bond donors (Lipinski definition) is 1. The minimum Gasteiger partial charge on any atom is -0.398 e. The maximum absolute atomic E-state index is 6.07. The molecule has 1 aromatic heterocycles. The van der Waals surface area contributed by atoms with Crippen LogP contribution in [0.2, 0.25) is 0 Å². The minimum absolute atomic E-state index is 0.0192. The summed E-state index contributed by atoms with van der Waals surface area (Å²) in [6.07, 6.45) is 2.27. The number of benzene rings is 1. The summed E-state index contributed by atoms with van der Waals surface area (Å²) in [5.74, 6) is 1.83. The van der Waals surface area contributed by atoms with Crippen molar-refractivity contribution in [2.75, 3.05) is 18.9 Å². The Kier molecular flexibility index (Phi) is 3.89. The Morgan fingerprint density at radius 3 is 2.59 bits per heavy atom. The summed E-state index contributed by atoms with van der Waals surface area (Å²) in [5.41, 5.74) is 10.3. The zero-order valence-electron chi connectivity index (χ0n) is 14.1. The zero-order chi connectivity index (χ0) is 15.9. The quantitative estimate of drug-likeness (QED) is 0.861. The molecule has 1 fully saturated rings.